The van der Waals surface area contributed by atoms with E-state index >= 15 is 0 Å². The molecule has 0 aliphatic rings. The molecule has 18 heavy (non-hydrogen) atoms. The Morgan fingerprint density at radius 3 is 2.17 bits per heavy atom. The van der Waals surface area contributed by atoms with E-state index < -0.39 is 9.84 Å². The molecule has 2 aromatic rings. The molecule has 3 nitrogen and oxygen atoms in total. The molecular weight excluding hydrogens is 246 g/mol. The summed E-state index contributed by atoms with van der Waals surface area (Å²) in [6, 6.07) is 12.5. The Kier molecular flexibility index (Phi) is 3.35. The molecule has 0 bridgehead atoms. The molecule has 1 aromatic carbocycles. The number of pyridine rings is 1. The van der Waals surface area contributed by atoms with E-state index in [1.807, 2.05) is 30.3 Å². The minimum Gasteiger partial charge on any atom is -0.240 e. The predicted molar refractivity (Wildman–Crippen MR) is 69.2 cm³/mol. The van der Waals surface area contributed by atoms with Gasteiger partial charge in [-0.2, -0.15) is 8.42 Å². The van der Waals surface area contributed by atoms with Gasteiger partial charge >= 0.3 is 9.84 Å². The third-order valence-electron chi connectivity index (χ3n) is 2.18. The van der Waals surface area contributed by atoms with Crippen molar-refractivity contribution in [1.29, 1.82) is 0 Å². The van der Waals surface area contributed by atoms with Gasteiger partial charge in [0.1, 0.15) is 0 Å². The average molecular weight is 256 g/mol. The van der Waals surface area contributed by atoms with E-state index in [1.54, 1.807) is 6.07 Å². The number of hydrogen-bond acceptors (Lipinski definition) is 3. The zero-order valence-corrected chi connectivity index (χ0v) is 10.3. The molecule has 4 heteroatoms. The van der Waals surface area contributed by atoms with Crippen molar-refractivity contribution in [2.75, 3.05) is 0 Å². The number of hydrogen-bond donors (Lipinski definition) is 0. The summed E-state index contributed by atoms with van der Waals surface area (Å²) < 4.78 is 22.2. The molecule has 88 valence electrons. The van der Waals surface area contributed by atoms with Gasteiger partial charge < -0.3 is 0 Å². The SMILES string of the molecule is [CH2+]S(=O)(=O)c1ccc(C#Cc2ccccc2)cn1. The highest BCUT2D eigenvalue weighted by molar-refractivity contribution is 7.92. The van der Waals surface area contributed by atoms with Crippen LogP contribution in [0.3, 0.4) is 0 Å². The van der Waals surface area contributed by atoms with Gasteiger partial charge in [-0.15, -0.1) is 0 Å². The highest BCUT2D eigenvalue weighted by Gasteiger charge is 2.14. The van der Waals surface area contributed by atoms with Gasteiger partial charge in [0.15, 0.2) is 11.3 Å². The van der Waals surface area contributed by atoms with E-state index in [9.17, 15) is 8.42 Å². The van der Waals surface area contributed by atoms with Crippen LogP contribution in [0.25, 0.3) is 0 Å². The lowest BCUT2D eigenvalue weighted by atomic mass is 10.2. The first kappa shape index (κ1) is 12.2. The molecule has 0 radical (unpaired) electrons. The molecular formula is C14H10NO2S+. The van der Waals surface area contributed by atoms with E-state index in [0.717, 1.165) is 5.56 Å². The fourth-order valence-corrected chi connectivity index (χ4v) is 1.79. The van der Waals surface area contributed by atoms with Crippen LogP contribution in [0.1, 0.15) is 11.1 Å². The number of rotatable bonds is 1. The van der Waals surface area contributed by atoms with Gasteiger partial charge in [-0.3, -0.25) is 0 Å². The molecule has 2 rings (SSSR count). The van der Waals surface area contributed by atoms with Crippen molar-refractivity contribution in [3.63, 3.8) is 0 Å². The Labute approximate surface area is 106 Å². The number of nitrogens with zero attached hydrogens (tertiary/aromatic N) is 1. The summed E-state index contributed by atoms with van der Waals surface area (Å²) >= 11 is 0. The summed E-state index contributed by atoms with van der Waals surface area (Å²) in [4.78, 5) is 3.81. The first-order chi connectivity index (χ1) is 8.55. The zero-order valence-electron chi connectivity index (χ0n) is 9.50. The van der Waals surface area contributed by atoms with Crippen LogP contribution in [-0.2, 0) is 9.84 Å². The van der Waals surface area contributed by atoms with Crippen molar-refractivity contribution in [2.45, 2.75) is 5.03 Å². The molecule has 0 fully saturated rings. The lowest BCUT2D eigenvalue weighted by molar-refractivity contribution is 0.601. The van der Waals surface area contributed by atoms with Crippen LogP contribution in [0, 0.1) is 18.1 Å². The van der Waals surface area contributed by atoms with Crippen molar-refractivity contribution >= 4 is 9.84 Å². The van der Waals surface area contributed by atoms with E-state index in [0.29, 0.717) is 5.56 Å². The molecule has 0 saturated heterocycles. The summed E-state index contributed by atoms with van der Waals surface area (Å²) in [5, 5.41) is -0.0484. The quantitative estimate of drug-likeness (QED) is 0.579. The lowest BCUT2D eigenvalue weighted by Crippen LogP contribution is -1.97. The lowest BCUT2D eigenvalue weighted by Gasteiger charge is -1.92. The first-order valence-corrected chi connectivity index (χ1v) is 6.82. The summed E-state index contributed by atoms with van der Waals surface area (Å²) in [5.41, 5.74) is 1.55. The monoisotopic (exact) mass is 256 g/mol. The third kappa shape index (κ3) is 3.12. The van der Waals surface area contributed by atoms with E-state index in [-0.39, 0.29) is 5.03 Å². The molecule has 0 saturated carbocycles. The predicted octanol–water partition coefficient (Wildman–Crippen LogP) is 2.05. The van der Waals surface area contributed by atoms with Gasteiger partial charge in [-0.1, -0.05) is 30.0 Å². The average Bonchev–Trinajstić information content (AvgIpc) is 2.37. The van der Waals surface area contributed by atoms with Gasteiger partial charge in [0, 0.05) is 17.3 Å². The maximum atomic E-state index is 11.1. The molecule has 1 heterocycles. The van der Waals surface area contributed by atoms with Gasteiger partial charge in [0.25, 0.3) is 0 Å². The molecule has 1 aromatic heterocycles. The van der Waals surface area contributed by atoms with Gasteiger partial charge in [-0.05, 0) is 24.3 Å². The summed E-state index contributed by atoms with van der Waals surface area (Å²) in [5.74, 6) is 5.88. The van der Waals surface area contributed by atoms with E-state index in [2.05, 4.69) is 23.1 Å². The van der Waals surface area contributed by atoms with Crippen LogP contribution < -0.4 is 0 Å². The van der Waals surface area contributed by atoms with Crippen LogP contribution >= 0.6 is 0 Å². The van der Waals surface area contributed by atoms with Crippen LogP contribution in [0.4, 0.5) is 0 Å². The Balaban J connectivity index is 2.25. The van der Waals surface area contributed by atoms with Crippen molar-refractivity contribution in [1.82, 2.24) is 4.98 Å². The van der Waals surface area contributed by atoms with E-state index in [4.69, 9.17) is 0 Å². The normalized spacial score (nSPS) is 10.4. The Hall–Kier alpha value is -2.25. The molecule has 0 atom stereocenters. The van der Waals surface area contributed by atoms with Crippen LogP contribution in [-0.4, -0.2) is 13.4 Å². The Morgan fingerprint density at radius 2 is 1.61 bits per heavy atom. The smallest absolute Gasteiger partial charge is 0.240 e. The molecule has 0 aliphatic carbocycles. The second kappa shape index (κ2) is 4.94. The summed E-state index contributed by atoms with van der Waals surface area (Å²) in [7, 11) is -3.50. The third-order valence-corrected chi connectivity index (χ3v) is 3.06. The number of aromatic nitrogens is 1. The van der Waals surface area contributed by atoms with Crippen molar-refractivity contribution in [3.8, 4) is 11.8 Å². The second-order valence-electron chi connectivity index (χ2n) is 3.62. The standard InChI is InChI=1S/C14H10NO2S/c1-18(16,17)14-10-9-13(11-15-14)8-7-12-5-3-2-4-6-12/h2-6,9-11H,1H2/q+1. The maximum absolute atomic E-state index is 11.1. The van der Waals surface area contributed by atoms with Gasteiger partial charge in [0.2, 0.25) is 0 Å². The van der Waals surface area contributed by atoms with Crippen molar-refractivity contribution < 1.29 is 8.42 Å². The highest BCUT2D eigenvalue weighted by atomic mass is 32.2. The Morgan fingerprint density at radius 1 is 0.944 bits per heavy atom. The fraction of sp³-hybridized carbons (Fsp3) is 0. The maximum Gasteiger partial charge on any atom is 0.336 e. The topological polar surface area (TPSA) is 47.0 Å². The van der Waals surface area contributed by atoms with Gasteiger partial charge in [-0.25, -0.2) is 4.98 Å². The number of benzene rings is 1. The van der Waals surface area contributed by atoms with Crippen molar-refractivity contribution in [2.24, 2.45) is 0 Å². The molecule has 0 N–H and O–H groups in total. The summed E-state index contributed by atoms with van der Waals surface area (Å²) in [6.07, 6.45) is 4.46. The highest BCUT2D eigenvalue weighted by Crippen LogP contribution is 2.06. The molecule has 0 unspecified atom stereocenters. The van der Waals surface area contributed by atoms with Crippen LogP contribution in [0.5, 0.6) is 0 Å². The summed E-state index contributed by atoms with van der Waals surface area (Å²) in [6.45, 7) is 0. The first-order valence-electron chi connectivity index (χ1n) is 5.17. The minimum atomic E-state index is -3.50. The minimum absolute atomic E-state index is 0.0484. The van der Waals surface area contributed by atoms with Crippen molar-refractivity contribution in [3.05, 3.63) is 66.0 Å². The van der Waals surface area contributed by atoms with Gasteiger partial charge in [0.05, 0.1) is 0 Å². The molecule has 0 aliphatic heterocycles. The fourth-order valence-electron chi connectivity index (χ4n) is 1.30. The second-order valence-corrected chi connectivity index (χ2v) is 5.26. The molecule has 0 spiro atoms. The van der Waals surface area contributed by atoms with E-state index in [1.165, 1.54) is 12.3 Å². The molecule has 0 amide bonds. The number of sulfone groups is 1. The largest absolute Gasteiger partial charge is 0.336 e. The zero-order chi connectivity index (χ0) is 13.0. The van der Waals surface area contributed by atoms with Crippen LogP contribution in [0.15, 0.2) is 53.7 Å². The Bertz CT molecular complexity index is 693. The van der Waals surface area contributed by atoms with Crippen LogP contribution in [0.2, 0.25) is 0 Å².